The van der Waals surface area contributed by atoms with Crippen molar-refractivity contribution in [1.29, 1.82) is 5.26 Å². The van der Waals surface area contributed by atoms with E-state index in [2.05, 4.69) is 0 Å². The maximum Gasteiger partial charge on any atom is 0.200 e. The number of ketones is 1. The van der Waals surface area contributed by atoms with Crippen LogP contribution >= 0.6 is 0 Å². The van der Waals surface area contributed by atoms with Gasteiger partial charge in [-0.3, -0.25) is 4.79 Å². The number of hydrogen-bond acceptors (Lipinski definition) is 3. The van der Waals surface area contributed by atoms with Gasteiger partial charge in [0.1, 0.15) is 0 Å². The van der Waals surface area contributed by atoms with E-state index in [9.17, 15) is 9.18 Å². The zero-order valence-electron chi connectivity index (χ0n) is 11.8. The third-order valence-corrected chi connectivity index (χ3v) is 3.11. The van der Waals surface area contributed by atoms with Crippen molar-refractivity contribution in [2.24, 2.45) is 0 Å². The van der Waals surface area contributed by atoms with Gasteiger partial charge < -0.3 is 4.74 Å². The average molecular weight is 283 g/mol. The minimum Gasteiger partial charge on any atom is -0.482 e. The molecule has 0 N–H and O–H groups in total. The molecule has 0 bridgehead atoms. The molecule has 0 heterocycles. The van der Waals surface area contributed by atoms with E-state index in [0.29, 0.717) is 5.56 Å². The van der Waals surface area contributed by atoms with Crippen molar-refractivity contribution in [3.05, 3.63) is 64.5 Å². The quantitative estimate of drug-likeness (QED) is 0.806. The van der Waals surface area contributed by atoms with Gasteiger partial charge in [0.2, 0.25) is 0 Å². The van der Waals surface area contributed by atoms with Gasteiger partial charge in [-0.1, -0.05) is 17.7 Å². The largest absolute Gasteiger partial charge is 0.482 e. The van der Waals surface area contributed by atoms with Gasteiger partial charge in [-0.25, -0.2) is 4.39 Å². The summed E-state index contributed by atoms with van der Waals surface area (Å²) in [5.41, 5.74) is 2.62. The average Bonchev–Trinajstić information content (AvgIpc) is 2.48. The lowest BCUT2D eigenvalue weighted by Gasteiger charge is -2.09. The Labute approximate surface area is 122 Å². The smallest absolute Gasteiger partial charge is 0.200 e. The molecule has 0 aliphatic heterocycles. The predicted octanol–water partition coefficient (Wildman–Crippen LogP) is 3.58. The number of carbonyl (C=O) groups is 1. The number of Topliss-reactive ketones (excluding diaryl/α,β-unsaturated/α-hetero) is 1. The van der Waals surface area contributed by atoms with E-state index >= 15 is 0 Å². The highest BCUT2D eigenvalue weighted by atomic mass is 19.1. The summed E-state index contributed by atoms with van der Waals surface area (Å²) in [6, 6.07) is 11.3. The van der Waals surface area contributed by atoms with Crippen LogP contribution in [0.3, 0.4) is 0 Å². The van der Waals surface area contributed by atoms with E-state index in [-0.39, 0.29) is 23.7 Å². The number of halogens is 1. The van der Waals surface area contributed by atoms with Gasteiger partial charge in [0.05, 0.1) is 11.6 Å². The summed E-state index contributed by atoms with van der Waals surface area (Å²) < 4.78 is 18.9. The van der Waals surface area contributed by atoms with Crippen LogP contribution in [0.1, 0.15) is 27.0 Å². The van der Waals surface area contributed by atoms with Crippen LogP contribution in [0.5, 0.6) is 5.75 Å². The zero-order chi connectivity index (χ0) is 15.4. The van der Waals surface area contributed by atoms with Gasteiger partial charge in [-0.2, -0.15) is 5.26 Å². The van der Waals surface area contributed by atoms with Gasteiger partial charge >= 0.3 is 0 Å². The Morgan fingerprint density at radius 1 is 1.24 bits per heavy atom. The molecule has 2 rings (SSSR count). The van der Waals surface area contributed by atoms with E-state index in [1.807, 2.05) is 32.0 Å². The van der Waals surface area contributed by atoms with Gasteiger partial charge in [-0.05, 0) is 43.7 Å². The molecule has 106 valence electrons. The van der Waals surface area contributed by atoms with Crippen molar-refractivity contribution in [2.75, 3.05) is 6.61 Å². The van der Waals surface area contributed by atoms with Crippen LogP contribution in [-0.2, 0) is 0 Å². The molecule has 0 aliphatic carbocycles. The third-order valence-electron chi connectivity index (χ3n) is 3.11. The highest BCUT2D eigenvalue weighted by Crippen LogP contribution is 2.19. The zero-order valence-corrected chi connectivity index (χ0v) is 11.8. The highest BCUT2D eigenvalue weighted by Gasteiger charge is 2.12. The SMILES string of the molecule is Cc1ccc(C)c(C(=O)COc2ccc(C#N)cc2F)c1. The molecule has 2 aromatic carbocycles. The summed E-state index contributed by atoms with van der Waals surface area (Å²) in [6.07, 6.45) is 0. The first-order valence-electron chi connectivity index (χ1n) is 6.44. The summed E-state index contributed by atoms with van der Waals surface area (Å²) >= 11 is 0. The summed E-state index contributed by atoms with van der Waals surface area (Å²) in [7, 11) is 0. The second-order valence-corrected chi connectivity index (χ2v) is 4.79. The fourth-order valence-corrected chi connectivity index (χ4v) is 1.94. The summed E-state index contributed by atoms with van der Waals surface area (Å²) in [5, 5.41) is 8.66. The molecule has 0 unspecified atom stereocenters. The van der Waals surface area contributed by atoms with Crippen LogP contribution in [-0.4, -0.2) is 12.4 Å². The molecule has 0 atom stereocenters. The normalized spacial score (nSPS) is 10.0. The first kappa shape index (κ1) is 14.7. The van der Waals surface area contributed by atoms with Crippen LogP contribution < -0.4 is 4.74 Å². The fourth-order valence-electron chi connectivity index (χ4n) is 1.94. The second-order valence-electron chi connectivity index (χ2n) is 4.79. The number of rotatable bonds is 4. The maximum atomic E-state index is 13.6. The van der Waals surface area contributed by atoms with E-state index in [1.165, 1.54) is 12.1 Å². The molecule has 0 fully saturated rings. The molecule has 3 nitrogen and oxygen atoms in total. The lowest BCUT2D eigenvalue weighted by Crippen LogP contribution is -2.13. The van der Waals surface area contributed by atoms with Crippen molar-refractivity contribution in [2.45, 2.75) is 13.8 Å². The minimum atomic E-state index is -0.650. The van der Waals surface area contributed by atoms with E-state index in [0.717, 1.165) is 17.2 Å². The molecule has 0 aromatic heterocycles. The molecule has 0 radical (unpaired) electrons. The highest BCUT2D eigenvalue weighted by molar-refractivity contribution is 5.98. The second kappa shape index (κ2) is 6.19. The molecule has 0 amide bonds. The summed E-state index contributed by atoms with van der Waals surface area (Å²) in [6.45, 7) is 3.50. The lowest BCUT2D eigenvalue weighted by atomic mass is 10.0. The number of hydrogen-bond donors (Lipinski definition) is 0. The first-order chi connectivity index (χ1) is 10.0. The number of nitriles is 1. The monoisotopic (exact) mass is 283 g/mol. The lowest BCUT2D eigenvalue weighted by molar-refractivity contribution is 0.0918. The van der Waals surface area contributed by atoms with Gasteiger partial charge in [-0.15, -0.1) is 0 Å². The van der Waals surface area contributed by atoms with Gasteiger partial charge in [0.25, 0.3) is 0 Å². The van der Waals surface area contributed by atoms with Gasteiger partial charge in [0, 0.05) is 5.56 Å². The van der Waals surface area contributed by atoms with Crippen molar-refractivity contribution in [3.63, 3.8) is 0 Å². The Kier molecular flexibility index (Phi) is 4.34. The number of aryl methyl sites for hydroxylation is 2. The topological polar surface area (TPSA) is 50.1 Å². The molecular formula is C17H14FNO2. The summed E-state index contributed by atoms with van der Waals surface area (Å²) in [4.78, 5) is 12.1. The molecule has 0 aliphatic rings. The Bertz CT molecular complexity index is 732. The molecular weight excluding hydrogens is 269 g/mol. The van der Waals surface area contributed by atoms with Crippen LogP contribution in [0.15, 0.2) is 36.4 Å². The molecule has 2 aromatic rings. The standard InChI is InChI=1S/C17H14FNO2/c1-11-3-4-12(2)14(7-11)16(20)10-21-17-6-5-13(9-19)8-15(17)18/h3-8H,10H2,1-2H3. The Morgan fingerprint density at radius 3 is 2.67 bits per heavy atom. The molecule has 21 heavy (non-hydrogen) atoms. The molecule has 0 saturated heterocycles. The van der Waals surface area contributed by atoms with Crippen molar-refractivity contribution in [1.82, 2.24) is 0 Å². The number of carbonyl (C=O) groups excluding carboxylic acids is 1. The summed E-state index contributed by atoms with van der Waals surface area (Å²) in [5.74, 6) is -0.893. The van der Waals surface area contributed by atoms with E-state index < -0.39 is 5.82 Å². The Hall–Kier alpha value is -2.67. The maximum absolute atomic E-state index is 13.6. The Balaban J connectivity index is 2.11. The van der Waals surface area contributed by atoms with Crippen molar-refractivity contribution in [3.8, 4) is 11.8 Å². The van der Waals surface area contributed by atoms with E-state index in [4.69, 9.17) is 10.00 Å². The fraction of sp³-hybridized carbons (Fsp3) is 0.176. The number of ether oxygens (including phenoxy) is 1. The van der Waals surface area contributed by atoms with Crippen LogP contribution in [0.4, 0.5) is 4.39 Å². The molecule has 0 spiro atoms. The third kappa shape index (κ3) is 3.46. The van der Waals surface area contributed by atoms with E-state index in [1.54, 1.807) is 6.07 Å². The van der Waals surface area contributed by atoms with Crippen molar-refractivity contribution >= 4 is 5.78 Å². The van der Waals surface area contributed by atoms with Crippen molar-refractivity contribution < 1.29 is 13.9 Å². The minimum absolute atomic E-state index is 0.0346. The Morgan fingerprint density at radius 2 is 2.00 bits per heavy atom. The molecule has 0 saturated carbocycles. The first-order valence-corrected chi connectivity index (χ1v) is 6.44. The van der Waals surface area contributed by atoms with Crippen LogP contribution in [0.2, 0.25) is 0 Å². The van der Waals surface area contributed by atoms with Crippen LogP contribution in [0.25, 0.3) is 0 Å². The van der Waals surface area contributed by atoms with Crippen LogP contribution in [0, 0.1) is 31.0 Å². The number of benzene rings is 2. The van der Waals surface area contributed by atoms with Gasteiger partial charge in [0.15, 0.2) is 24.0 Å². The molecule has 4 heteroatoms. The predicted molar refractivity (Wildman–Crippen MR) is 76.9 cm³/mol. The number of nitrogens with zero attached hydrogens (tertiary/aromatic N) is 1.